The van der Waals surface area contributed by atoms with Gasteiger partial charge in [-0.15, -0.1) is 11.3 Å². The Morgan fingerprint density at radius 2 is 2.05 bits per heavy atom. The van der Waals surface area contributed by atoms with Crippen LogP contribution in [0.5, 0.6) is 0 Å². The number of amides is 1. The van der Waals surface area contributed by atoms with Crippen LogP contribution in [0.4, 0.5) is 0 Å². The quantitative estimate of drug-likeness (QED) is 0.798. The standard InChI is InChI=1S/C15H14N4O2S/c1-9-10(2)22-15-18-8-12(14(21)19(9)15)13(20)17-7-11-3-5-16-6-4-11/h3-6,8H,7H2,1-2H3,(H,17,20). The summed E-state index contributed by atoms with van der Waals surface area (Å²) in [6.45, 7) is 4.11. The minimum atomic E-state index is -0.424. The molecule has 3 aromatic rings. The molecule has 22 heavy (non-hydrogen) atoms. The van der Waals surface area contributed by atoms with Crippen LogP contribution in [0.2, 0.25) is 0 Å². The lowest BCUT2D eigenvalue weighted by Crippen LogP contribution is -2.31. The highest BCUT2D eigenvalue weighted by atomic mass is 32.1. The van der Waals surface area contributed by atoms with Crippen molar-refractivity contribution >= 4 is 22.2 Å². The van der Waals surface area contributed by atoms with Crippen molar-refractivity contribution in [3.05, 3.63) is 62.8 Å². The monoisotopic (exact) mass is 314 g/mol. The van der Waals surface area contributed by atoms with Crippen LogP contribution < -0.4 is 10.9 Å². The van der Waals surface area contributed by atoms with Gasteiger partial charge < -0.3 is 5.32 Å². The van der Waals surface area contributed by atoms with Crippen LogP contribution in [0.3, 0.4) is 0 Å². The molecule has 0 aliphatic carbocycles. The van der Waals surface area contributed by atoms with Crippen LogP contribution in [0.1, 0.15) is 26.5 Å². The number of aromatic nitrogens is 3. The number of thiazole rings is 1. The number of carbonyl (C=O) groups is 1. The van der Waals surface area contributed by atoms with Gasteiger partial charge in [-0.2, -0.15) is 0 Å². The number of rotatable bonds is 3. The molecule has 1 amide bonds. The number of carbonyl (C=O) groups excluding carboxylic acids is 1. The van der Waals surface area contributed by atoms with Gasteiger partial charge in [-0.1, -0.05) is 0 Å². The Labute approximate surface area is 130 Å². The van der Waals surface area contributed by atoms with Crippen molar-refractivity contribution in [2.75, 3.05) is 0 Å². The Bertz CT molecular complexity index is 899. The van der Waals surface area contributed by atoms with Gasteiger partial charge in [-0.05, 0) is 31.5 Å². The summed E-state index contributed by atoms with van der Waals surface area (Å²) in [5.74, 6) is -0.424. The molecule has 0 aliphatic rings. The van der Waals surface area contributed by atoms with E-state index in [0.29, 0.717) is 11.5 Å². The van der Waals surface area contributed by atoms with E-state index in [1.54, 1.807) is 24.5 Å². The summed E-state index contributed by atoms with van der Waals surface area (Å²) < 4.78 is 1.49. The molecule has 7 heteroatoms. The van der Waals surface area contributed by atoms with E-state index in [4.69, 9.17) is 0 Å². The number of hydrogen-bond acceptors (Lipinski definition) is 5. The third kappa shape index (κ3) is 2.50. The fraction of sp³-hybridized carbons (Fsp3) is 0.200. The first-order chi connectivity index (χ1) is 10.6. The molecule has 0 unspecified atom stereocenters. The van der Waals surface area contributed by atoms with Crippen LogP contribution in [0.25, 0.3) is 4.96 Å². The zero-order valence-corrected chi connectivity index (χ0v) is 13.0. The lowest BCUT2D eigenvalue weighted by atomic mass is 10.2. The number of nitrogens with one attached hydrogen (secondary N) is 1. The molecule has 0 saturated carbocycles. The first-order valence-corrected chi connectivity index (χ1v) is 7.54. The lowest BCUT2D eigenvalue weighted by molar-refractivity contribution is 0.0949. The molecular weight excluding hydrogens is 300 g/mol. The highest BCUT2D eigenvalue weighted by Crippen LogP contribution is 2.18. The second kappa shape index (κ2) is 5.69. The van der Waals surface area contributed by atoms with E-state index in [0.717, 1.165) is 16.1 Å². The van der Waals surface area contributed by atoms with Gasteiger partial charge in [0.25, 0.3) is 11.5 Å². The summed E-state index contributed by atoms with van der Waals surface area (Å²) in [6.07, 6.45) is 4.65. The van der Waals surface area contributed by atoms with Crippen molar-refractivity contribution in [1.29, 1.82) is 0 Å². The second-order valence-electron chi connectivity index (χ2n) is 4.88. The fourth-order valence-corrected chi connectivity index (χ4v) is 3.04. The Morgan fingerprint density at radius 1 is 1.32 bits per heavy atom. The van der Waals surface area contributed by atoms with Crippen LogP contribution in [-0.4, -0.2) is 20.3 Å². The predicted octanol–water partition coefficient (Wildman–Crippen LogP) is 1.70. The third-order valence-corrected chi connectivity index (χ3v) is 4.54. The summed E-state index contributed by atoms with van der Waals surface area (Å²) in [4.78, 5) is 34.4. The van der Waals surface area contributed by atoms with Crippen molar-refractivity contribution in [2.45, 2.75) is 20.4 Å². The molecule has 0 atom stereocenters. The Balaban J connectivity index is 1.90. The van der Waals surface area contributed by atoms with Gasteiger partial charge in [0.05, 0.1) is 0 Å². The number of pyridine rings is 1. The first kappa shape index (κ1) is 14.4. The van der Waals surface area contributed by atoms with Crippen LogP contribution in [0.15, 0.2) is 35.5 Å². The Morgan fingerprint density at radius 3 is 2.77 bits per heavy atom. The van der Waals surface area contributed by atoms with E-state index in [2.05, 4.69) is 15.3 Å². The number of fused-ring (bicyclic) bond motifs is 1. The summed E-state index contributed by atoms with van der Waals surface area (Å²) in [7, 11) is 0. The Hall–Kier alpha value is -2.54. The van der Waals surface area contributed by atoms with E-state index in [9.17, 15) is 9.59 Å². The summed E-state index contributed by atoms with van der Waals surface area (Å²) in [5, 5.41) is 2.73. The molecule has 3 aromatic heterocycles. The number of nitrogens with zero attached hydrogens (tertiary/aromatic N) is 3. The molecular formula is C15H14N4O2S. The summed E-state index contributed by atoms with van der Waals surface area (Å²) in [5.41, 5.74) is 1.45. The van der Waals surface area contributed by atoms with Gasteiger partial charge in [0, 0.05) is 35.7 Å². The van der Waals surface area contributed by atoms with Crippen molar-refractivity contribution in [1.82, 2.24) is 19.7 Å². The fourth-order valence-electron chi connectivity index (χ4n) is 2.11. The molecule has 1 N–H and O–H groups in total. The van der Waals surface area contributed by atoms with Gasteiger partial charge in [-0.3, -0.25) is 19.0 Å². The van der Waals surface area contributed by atoms with Crippen molar-refractivity contribution < 1.29 is 4.79 Å². The summed E-state index contributed by atoms with van der Waals surface area (Å²) in [6, 6.07) is 3.61. The summed E-state index contributed by atoms with van der Waals surface area (Å²) >= 11 is 1.44. The van der Waals surface area contributed by atoms with E-state index in [1.165, 1.54) is 21.9 Å². The average Bonchev–Trinajstić information content (AvgIpc) is 2.82. The molecule has 0 aliphatic heterocycles. The van der Waals surface area contributed by atoms with Crippen molar-refractivity contribution in [3.63, 3.8) is 0 Å². The van der Waals surface area contributed by atoms with E-state index in [1.807, 2.05) is 13.8 Å². The van der Waals surface area contributed by atoms with Gasteiger partial charge >= 0.3 is 0 Å². The highest BCUT2D eigenvalue weighted by Gasteiger charge is 2.16. The SMILES string of the molecule is Cc1sc2ncc(C(=O)NCc3ccncc3)c(=O)n2c1C. The van der Waals surface area contributed by atoms with Crippen molar-refractivity contribution in [2.24, 2.45) is 0 Å². The number of hydrogen-bond donors (Lipinski definition) is 1. The van der Waals surface area contributed by atoms with Crippen LogP contribution >= 0.6 is 11.3 Å². The molecule has 6 nitrogen and oxygen atoms in total. The predicted molar refractivity (Wildman–Crippen MR) is 84.2 cm³/mol. The molecule has 112 valence electrons. The maximum absolute atomic E-state index is 12.5. The lowest BCUT2D eigenvalue weighted by Gasteiger charge is -2.05. The molecule has 0 radical (unpaired) electrons. The Kier molecular flexibility index (Phi) is 3.72. The highest BCUT2D eigenvalue weighted by molar-refractivity contribution is 7.17. The van der Waals surface area contributed by atoms with Gasteiger partial charge in [-0.25, -0.2) is 4.98 Å². The minimum Gasteiger partial charge on any atom is -0.348 e. The number of aryl methyl sites for hydroxylation is 2. The zero-order valence-electron chi connectivity index (χ0n) is 12.2. The van der Waals surface area contributed by atoms with Crippen LogP contribution in [0, 0.1) is 13.8 Å². The third-order valence-electron chi connectivity index (χ3n) is 3.47. The average molecular weight is 314 g/mol. The van der Waals surface area contributed by atoms with E-state index < -0.39 is 5.91 Å². The molecule has 0 aromatic carbocycles. The smallest absolute Gasteiger partial charge is 0.271 e. The zero-order chi connectivity index (χ0) is 15.7. The largest absolute Gasteiger partial charge is 0.348 e. The maximum Gasteiger partial charge on any atom is 0.271 e. The minimum absolute atomic E-state index is 0.0486. The van der Waals surface area contributed by atoms with E-state index in [-0.39, 0.29) is 11.1 Å². The molecule has 3 rings (SSSR count). The normalized spacial score (nSPS) is 10.8. The van der Waals surface area contributed by atoms with Gasteiger partial charge in [0.2, 0.25) is 0 Å². The molecule has 0 saturated heterocycles. The second-order valence-corrected chi connectivity index (χ2v) is 6.06. The van der Waals surface area contributed by atoms with Gasteiger partial charge in [0.1, 0.15) is 5.56 Å². The molecule has 0 bridgehead atoms. The molecule has 0 fully saturated rings. The molecule has 0 spiro atoms. The molecule has 3 heterocycles. The van der Waals surface area contributed by atoms with Gasteiger partial charge in [0.15, 0.2) is 4.96 Å². The van der Waals surface area contributed by atoms with Crippen LogP contribution in [-0.2, 0) is 6.54 Å². The van der Waals surface area contributed by atoms with E-state index >= 15 is 0 Å². The topological polar surface area (TPSA) is 76.4 Å². The van der Waals surface area contributed by atoms with Crippen molar-refractivity contribution in [3.8, 4) is 0 Å². The maximum atomic E-state index is 12.5. The first-order valence-electron chi connectivity index (χ1n) is 6.73.